The summed E-state index contributed by atoms with van der Waals surface area (Å²) in [5.41, 5.74) is 2.14. The van der Waals surface area contributed by atoms with Crippen LogP contribution in [-0.4, -0.2) is 29.0 Å². The van der Waals surface area contributed by atoms with Crippen molar-refractivity contribution in [1.82, 2.24) is 14.8 Å². The molecule has 0 fully saturated rings. The minimum absolute atomic E-state index is 0.624. The van der Waals surface area contributed by atoms with Crippen molar-refractivity contribution >= 4 is 11.8 Å². The molecule has 0 saturated heterocycles. The lowest BCUT2D eigenvalue weighted by molar-refractivity contribution is 0.394. The summed E-state index contributed by atoms with van der Waals surface area (Å²) in [7, 11) is 3.27. The number of aromatic nitrogens is 3. The first-order valence-corrected chi connectivity index (χ1v) is 9.18. The number of benzene rings is 2. The lowest BCUT2D eigenvalue weighted by atomic mass is 10.2. The van der Waals surface area contributed by atoms with Gasteiger partial charge in [0, 0.05) is 23.9 Å². The summed E-state index contributed by atoms with van der Waals surface area (Å²) < 4.78 is 12.8. The standard InChI is InChI=1S/C20H21N3O2S/c1-4-10-23-19(16-11-17(24-2)13-18(12-16)25-3)21-22-20(23)26-14-15-8-6-5-7-9-15/h4-9,11-13H,1,10,14H2,2-3H3. The van der Waals surface area contributed by atoms with E-state index in [1.807, 2.05) is 42.5 Å². The highest BCUT2D eigenvalue weighted by Crippen LogP contribution is 2.31. The Balaban J connectivity index is 1.93. The smallest absolute Gasteiger partial charge is 0.192 e. The Bertz CT molecular complexity index is 856. The molecule has 6 heteroatoms. The summed E-state index contributed by atoms with van der Waals surface area (Å²) in [6.07, 6.45) is 1.84. The number of rotatable bonds is 8. The second kappa shape index (κ2) is 8.58. The zero-order valence-electron chi connectivity index (χ0n) is 14.9. The van der Waals surface area contributed by atoms with Gasteiger partial charge in [0.1, 0.15) is 11.5 Å². The normalized spacial score (nSPS) is 10.5. The minimum Gasteiger partial charge on any atom is -0.497 e. The van der Waals surface area contributed by atoms with Gasteiger partial charge in [-0.15, -0.1) is 16.8 Å². The first-order chi connectivity index (χ1) is 12.7. The van der Waals surface area contributed by atoms with E-state index >= 15 is 0 Å². The summed E-state index contributed by atoms with van der Waals surface area (Å²) in [5, 5.41) is 9.64. The van der Waals surface area contributed by atoms with Crippen LogP contribution in [0.5, 0.6) is 11.5 Å². The van der Waals surface area contributed by atoms with E-state index in [2.05, 4.69) is 33.5 Å². The molecule has 1 aromatic heterocycles. The predicted octanol–water partition coefficient (Wildman–Crippen LogP) is 4.44. The molecule has 2 aromatic carbocycles. The lowest BCUT2D eigenvalue weighted by Gasteiger charge is -2.10. The number of allylic oxidation sites excluding steroid dienone is 1. The highest BCUT2D eigenvalue weighted by atomic mass is 32.2. The molecule has 0 bridgehead atoms. The quantitative estimate of drug-likeness (QED) is 0.435. The summed E-state index contributed by atoms with van der Waals surface area (Å²) in [6, 6.07) is 16.0. The molecule has 0 N–H and O–H groups in total. The topological polar surface area (TPSA) is 49.2 Å². The SMILES string of the molecule is C=CCn1c(SCc2ccccc2)nnc1-c1cc(OC)cc(OC)c1. The van der Waals surface area contributed by atoms with Gasteiger partial charge in [-0.2, -0.15) is 0 Å². The van der Waals surface area contributed by atoms with Gasteiger partial charge in [-0.05, 0) is 17.7 Å². The van der Waals surface area contributed by atoms with Crippen molar-refractivity contribution < 1.29 is 9.47 Å². The monoisotopic (exact) mass is 367 g/mol. The van der Waals surface area contributed by atoms with E-state index in [4.69, 9.17) is 9.47 Å². The number of hydrogen-bond acceptors (Lipinski definition) is 5. The van der Waals surface area contributed by atoms with Gasteiger partial charge in [-0.1, -0.05) is 48.2 Å². The molecule has 134 valence electrons. The van der Waals surface area contributed by atoms with Crippen molar-refractivity contribution in [3.05, 3.63) is 66.7 Å². The van der Waals surface area contributed by atoms with Gasteiger partial charge in [0.15, 0.2) is 11.0 Å². The molecule has 0 unspecified atom stereocenters. The van der Waals surface area contributed by atoms with Gasteiger partial charge in [0.05, 0.1) is 14.2 Å². The number of ether oxygens (including phenoxy) is 2. The Hall–Kier alpha value is -2.73. The Morgan fingerprint density at radius 3 is 2.35 bits per heavy atom. The third-order valence-corrected chi connectivity index (χ3v) is 4.89. The first kappa shape index (κ1) is 18.1. The second-order valence-electron chi connectivity index (χ2n) is 5.58. The van der Waals surface area contributed by atoms with Crippen molar-refractivity contribution in [1.29, 1.82) is 0 Å². The van der Waals surface area contributed by atoms with Gasteiger partial charge in [0.25, 0.3) is 0 Å². The fourth-order valence-corrected chi connectivity index (χ4v) is 3.46. The van der Waals surface area contributed by atoms with Crippen molar-refractivity contribution in [2.75, 3.05) is 14.2 Å². The van der Waals surface area contributed by atoms with E-state index in [1.165, 1.54) is 5.56 Å². The number of nitrogens with zero attached hydrogens (tertiary/aromatic N) is 3. The molecule has 0 aliphatic carbocycles. The van der Waals surface area contributed by atoms with Crippen LogP contribution < -0.4 is 9.47 Å². The molecule has 3 rings (SSSR count). The van der Waals surface area contributed by atoms with Crippen LogP contribution in [0.4, 0.5) is 0 Å². The summed E-state index contributed by atoms with van der Waals surface area (Å²) in [4.78, 5) is 0. The molecule has 0 saturated carbocycles. The van der Waals surface area contributed by atoms with E-state index in [-0.39, 0.29) is 0 Å². The van der Waals surface area contributed by atoms with Crippen molar-refractivity contribution in [2.45, 2.75) is 17.5 Å². The first-order valence-electron chi connectivity index (χ1n) is 8.19. The van der Waals surface area contributed by atoms with E-state index in [1.54, 1.807) is 26.0 Å². The highest BCUT2D eigenvalue weighted by Gasteiger charge is 2.15. The third kappa shape index (κ3) is 4.08. The maximum absolute atomic E-state index is 5.37. The fourth-order valence-electron chi connectivity index (χ4n) is 2.56. The maximum atomic E-state index is 5.37. The van der Waals surface area contributed by atoms with Gasteiger partial charge >= 0.3 is 0 Å². The van der Waals surface area contributed by atoms with E-state index in [9.17, 15) is 0 Å². The largest absolute Gasteiger partial charge is 0.497 e. The van der Waals surface area contributed by atoms with Crippen LogP contribution >= 0.6 is 11.8 Å². The Morgan fingerprint density at radius 1 is 1.04 bits per heavy atom. The molecule has 0 atom stereocenters. The van der Waals surface area contributed by atoms with Crippen molar-refractivity contribution in [2.24, 2.45) is 0 Å². The molecule has 0 spiro atoms. The van der Waals surface area contributed by atoms with Crippen molar-refractivity contribution in [3.63, 3.8) is 0 Å². The number of thioether (sulfide) groups is 1. The van der Waals surface area contributed by atoms with Gasteiger partial charge in [-0.3, -0.25) is 4.57 Å². The van der Waals surface area contributed by atoms with E-state index in [0.29, 0.717) is 18.0 Å². The fraction of sp³-hybridized carbons (Fsp3) is 0.200. The van der Waals surface area contributed by atoms with Crippen LogP contribution in [0.25, 0.3) is 11.4 Å². The molecule has 0 amide bonds. The molecular weight excluding hydrogens is 346 g/mol. The zero-order chi connectivity index (χ0) is 18.4. The molecule has 3 aromatic rings. The van der Waals surface area contributed by atoms with E-state index < -0.39 is 0 Å². The van der Waals surface area contributed by atoms with Crippen molar-refractivity contribution in [3.8, 4) is 22.9 Å². The Labute approximate surface area is 157 Å². The van der Waals surface area contributed by atoms with Gasteiger partial charge in [-0.25, -0.2) is 0 Å². The molecule has 0 radical (unpaired) electrons. The van der Waals surface area contributed by atoms with Crippen LogP contribution in [0.15, 0.2) is 66.3 Å². The highest BCUT2D eigenvalue weighted by molar-refractivity contribution is 7.98. The average molecular weight is 367 g/mol. The second-order valence-corrected chi connectivity index (χ2v) is 6.52. The molecule has 26 heavy (non-hydrogen) atoms. The molecule has 0 aliphatic rings. The van der Waals surface area contributed by atoms with Gasteiger partial charge < -0.3 is 9.47 Å². The molecular formula is C20H21N3O2S. The lowest BCUT2D eigenvalue weighted by Crippen LogP contribution is -2.01. The molecule has 5 nitrogen and oxygen atoms in total. The van der Waals surface area contributed by atoms with Crippen LogP contribution in [0.1, 0.15) is 5.56 Å². The zero-order valence-corrected chi connectivity index (χ0v) is 15.7. The van der Waals surface area contributed by atoms with Crippen LogP contribution in [-0.2, 0) is 12.3 Å². The number of methoxy groups -OCH3 is 2. The summed E-state index contributed by atoms with van der Waals surface area (Å²) in [5.74, 6) is 3.02. The van der Waals surface area contributed by atoms with E-state index in [0.717, 1.165) is 22.3 Å². The minimum atomic E-state index is 0.624. The van der Waals surface area contributed by atoms with Crippen LogP contribution in [0.3, 0.4) is 0 Å². The third-order valence-electron chi connectivity index (χ3n) is 3.85. The van der Waals surface area contributed by atoms with Gasteiger partial charge in [0.2, 0.25) is 0 Å². The maximum Gasteiger partial charge on any atom is 0.192 e. The molecule has 1 heterocycles. The Kier molecular flexibility index (Phi) is 5.96. The number of hydrogen-bond donors (Lipinski definition) is 0. The van der Waals surface area contributed by atoms with Crippen LogP contribution in [0.2, 0.25) is 0 Å². The Morgan fingerprint density at radius 2 is 1.73 bits per heavy atom. The summed E-state index contributed by atoms with van der Waals surface area (Å²) in [6.45, 7) is 4.49. The predicted molar refractivity (Wildman–Crippen MR) is 105 cm³/mol. The van der Waals surface area contributed by atoms with Crippen LogP contribution in [0, 0.1) is 0 Å². The average Bonchev–Trinajstić information content (AvgIpc) is 3.09. The molecule has 0 aliphatic heterocycles. The summed E-state index contributed by atoms with van der Waals surface area (Å²) >= 11 is 1.65.